The Kier molecular flexibility index (Phi) is 5.71. The van der Waals surface area contributed by atoms with Gasteiger partial charge in [0.15, 0.2) is 0 Å². The van der Waals surface area contributed by atoms with Crippen LogP contribution in [0.15, 0.2) is 47.5 Å². The Labute approximate surface area is 148 Å². The van der Waals surface area contributed by atoms with Gasteiger partial charge < -0.3 is 5.32 Å². The van der Waals surface area contributed by atoms with Gasteiger partial charge in [-0.3, -0.25) is 9.78 Å². The van der Waals surface area contributed by atoms with Crippen LogP contribution >= 0.6 is 0 Å². The number of hydrogen-bond acceptors (Lipinski definition) is 4. The van der Waals surface area contributed by atoms with E-state index in [1.165, 1.54) is 26.2 Å². The van der Waals surface area contributed by atoms with Gasteiger partial charge >= 0.3 is 0 Å². The van der Waals surface area contributed by atoms with E-state index >= 15 is 0 Å². The third-order valence-electron chi connectivity index (χ3n) is 3.77. The van der Waals surface area contributed by atoms with Gasteiger partial charge in [-0.05, 0) is 55.3 Å². The van der Waals surface area contributed by atoms with Crippen molar-refractivity contribution in [2.24, 2.45) is 0 Å². The number of sulfonamides is 1. The minimum absolute atomic E-state index is 0.143. The summed E-state index contributed by atoms with van der Waals surface area (Å²) in [4.78, 5) is 16.4. The summed E-state index contributed by atoms with van der Waals surface area (Å²) in [5.41, 5.74) is 2.73. The number of aromatic nitrogens is 1. The van der Waals surface area contributed by atoms with Crippen molar-refractivity contribution in [3.63, 3.8) is 0 Å². The van der Waals surface area contributed by atoms with E-state index in [0.29, 0.717) is 11.4 Å². The zero-order chi connectivity index (χ0) is 18.6. The Morgan fingerprint density at radius 1 is 1.20 bits per heavy atom. The number of hydrogen-bond donors (Lipinski definition) is 1. The van der Waals surface area contributed by atoms with Gasteiger partial charge in [-0.2, -0.15) is 0 Å². The van der Waals surface area contributed by atoms with E-state index in [1.54, 1.807) is 30.5 Å². The lowest BCUT2D eigenvalue weighted by atomic mass is 10.1. The molecule has 2 rings (SSSR count). The van der Waals surface area contributed by atoms with Crippen molar-refractivity contribution < 1.29 is 13.2 Å². The maximum Gasteiger partial charge on any atom is 0.248 e. The fourth-order valence-corrected chi connectivity index (χ4v) is 3.14. The molecule has 0 bridgehead atoms. The molecule has 1 aromatic carbocycles. The number of amides is 1. The third-order valence-corrected chi connectivity index (χ3v) is 5.56. The van der Waals surface area contributed by atoms with E-state index < -0.39 is 10.0 Å². The van der Waals surface area contributed by atoms with E-state index in [4.69, 9.17) is 0 Å². The van der Waals surface area contributed by atoms with Crippen LogP contribution in [-0.4, -0.2) is 37.7 Å². The van der Waals surface area contributed by atoms with Crippen LogP contribution < -0.4 is 5.32 Å². The standard InChI is InChI=1S/C18H21N3O3S/c1-13-11-16(25(23,24)21(3)4)12-17(14(13)2)20-18(22)9-8-15-7-5-6-10-19-15/h5-12H,1-4H3,(H,20,22)/b9-8-. The zero-order valence-corrected chi connectivity index (χ0v) is 15.5. The molecule has 1 heterocycles. The molecule has 25 heavy (non-hydrogen) atoms. The Morgan fingerprint density at radius 3 is 2.52 bits per heavy atom. The molecule has 0 aliphatic rings. The van der Waals surface area contributed by atoms with Crippen LogP contribution in [0.1, 0.15) is 16.8 Å². The number of nitrogens with zero attached hydrogens (tertiary/aromatic N) is 2. The van der Waals surface area contributed by atoms with E-state index in [1.807, 2.05) is 19.9 Å². The largest absolute Gasteiger partial charge is 0.322 e. The molecule has 132 valence electrons. The summed E-state index contributed by atoms with van der Waals surface area (Å²) in [7, 11) is -0.634. The SMILES string of the molecule is Cc1cc(S(=O)(=O)N(C)C)cc(NC(=O)/C=C\c2ccccn2)c1C. The maximum absolute atomic E-state index is 12.3. The van der Waals surface area contributed by atoms with Crippen LogP contribution in [0.5, 0.6) is 0 Å². The second kappa shape index (κ2) is 7.58. The number of rotatable bonds is 5. The molecule has 0 aliphatic heterocycles. The molecule has 1 aromatic heterocycles. The maximum atomic E-state index is 12.3. The number of aryl methyl sites for hydroxylation is 1. The number of pyridine rings is 1. The number of benzene rings is 1. The summed E-state index contributed by atoms with van der Waals surface area (Å²) in [5.74, 6) is -0.354. The van der Waals surface area contributed by atoms with Gasteiger partial charge in [0.05, 0.1) is 10.6 Å². The normalized spacial score (nSPS) is 11.9. The summed E-state index contributed by atoms with van der Waals surface area (Å²) >= 11 is 0. The monoisotopic (exact) mass is 359 g/mol. The molecule has 2 aromatic rings. The van der Waals surface area contributed by atoms with Crippen LogP contribution in [0, 0.1) is 13.8 Å². The predicted molar refractivity (Wildman–Crippen MR) is 98.7 cm³/mol. The predicted octanol–water partition coefficient (Wildman–Crippen LogP) is 2.60. The molecule has 1 amide bonds. The van der Waals surface area contributed by atoms with Crippen LogP contribution in [0.4, 0.5) is 5.69 Å². The molecule has 0 saturated heterocycles. The summed E-state index contributed by atoms with van der Waals surface area (Å²) < 4.78 is 25.8. The van der Waals surface area contributed by atoms with Gasteiger partial charge in [0.1, 0.15) is 0 Å². The minimum atomic E-state index is -3.58. The van der Waals surface area contributed by atoms with Crippen LogP contribution in [0.3, 0.4) is 0 Å². The highest BCUT2D eigenvalue weighted by molar-refractivity contribution is 7.89. The lowest BCUT2D eigenvalue weighted by Crippen LogP contribution is -2.22. The molecule has 1 N–H and O–H groups in total. The first-order chi connectivity index (χ1) is 11.7. The molecule has 0 fully saturated rings. The summed E-state index contributed by atoms with van der Waals surface area (Å²) in [6.07, 6.45) is 4.60. The van der Waals surface area contributed by atoms with Crippen LogP contribution in [0.2, 0.25) is 0 Å². The molecule has 7 heteroatoms. The first kappa shape index (κ1) is 18.8. The molecule has 0 aliphatic carbocycles. The van der Waals surface area contributed by atoms with Gasteiger partial charge in [-0.25, -0.2) is 12.7 Å². The van der Waals surface area contributed by atoms with E-state index in [-0.39, 0.29) is 10.8 Å². The van der Waals surface area contributed by atoms with Gasteiger partial charge in [0, 0.05) is 32.1 Å². The fourth-order valence-electron chi connectivity index (χ4n) is 2.13. The molecule has 6 nitrogen and oxygen atoms in total. The number of carbonyl (C=O) groups excluding carboxylic acids is 1. The highest BCUT2D eigenvalue weighted by Crippen LogP contribution is 2.25. The molecule has 0 atom stereocenters. The zero-order valence-electron chi connectivity index (χ0n) is 14.6. The van der Waals surface area contributed by atoms with Gasteiger partial charge in [-0.15, -0.1) is 0 Å². The smallest absolute Gasteiger partial charge is 0.248 e. The van der Waals surface area contributed by atoms with Crippen molar-refractivity contribution in [1.29, 1.82) is 0 Å². The number of carbonyl (C=O) groups is 1. The topological polar surface area (TPSA) is 79.4 Å². The second-order valence-corrected chi connectivity index (χ2v) is 7.93. The van der Waals surface area contributed by atoms with E-state index in [0.717, 1.165) is 15.4 Å². The highest BCUT2D eigenvalue weighted by atomic mass is 32.2. The first-order valence-corrected chi connectivity index (χ1v) is 9.09. The lowest BCUT2D eigenvalue weighted by molar-refractivity contribution is -0.111. The third kappa shape index (κ3) is 4.52. The van der Waals surface area contributed by atoms with Crippen molar-refractivity contribution >= 4 is 27.7 Å². The summed E-state index contributed by atoms with van der Waals surface area (Å²) in [6.45, 7) is 3.64. The molecule has 0 saturated carbocycles. The fraction of sp³-hybridized carbons (Fsp3) is 0.222. The lowest BCUT2D eigenvalue weighted by Gasteiger charge is -2.16. The van der Waals surface area contributed by atoms with Crippen molar-refractivity contribution in [3.05, 3.63) is 59.4 Å². The molecule has 0 spiro atoms. The highest BCUT2D eigenvalue weighted by Gasteiger charge is 2.19. The van der Waals surface area contributed by atoms with Gasteiger partial charge in [0.25, 0.3) is 0 Å². The molecular formula is C18H21N3O3S. The minimum Gasteiger partial charge on any atom is -0.322 e. The quantitative estimate of drug-likeness (QED) is 0.832. The second-order valence-electron chi connectivity index (χ2n) is 5.78. The van der Waals surface area contributed by atoms with Gasteiger partial charge in [-0.1, -0.05) is 6.07 Å². The number of anilines is 1. The Balaban J connectivity index is 2.28. The summed E-state index contributed by atoms with van der Waals surface area (Å²) in [5, 5.41) is 2.74. The van der Waals surface area contributed by atoms with Crippen molar-refractivity contribution in [3.8, 4) is 0 Å². The average molecular weight is 359 g/mol. The van der Waals surface area contributed by atoms with Crippen molar-refractivity contribution in [1.82, 2.24) is 9.29 Å². The Bertz CT molecular complexity index is 905. The Hall–Kier alpha value is -2.51. The number of nitrogens with one attached hydrogen (secondary N) is 1. The Morgan fingerprint density at radius 2 is 1.92 bits per heavy atom. The van der Waals surface area contributed by atoms with Gasteiger partial charge in [0.2, 0.25) is 15.9 Å². The van der Waals surface area contributed by atoms with E-state index in [2.05, 4.69) is 10.3 Å². The molecular weight excluding hydrogens is 338 g/mol. The van der Waals surface area contributed by atoms with E-state index in [9.17, 15) is 13.2 Å². The molecule has 0 unspecified atom stereocenters. The average Bonchev–Trinajstić information content (AvgIpc) is 2.57. The van der Waals surface area contributed by atoms with Crippen molar-refractivity contribution in [2.45, 2.75) is 18.7 Å². The van der Waals surface area contributed by atoms with Crippen LogP contribution in [0.25, 0.3) is 6.08 Å². The van der Waals surface area contributed by atoms with Crippen LogP contribution in [-0.2, 0) is 14.8 Å². The first-order valence-electron chi connectivity index (χ1n) is 7.65. The molecule has 0 radical (unpaired) electrons. The summed E-state index contributed by atoms with van der Waals surface area (Å²) in [6, 6.07) is 8.48. The van der Waals surface area contributed by atoms with Crippen molar-refractivity contribution in [2.75, 3.05) is 19.4 Å².